The molecule has 0 N–H and O–H groups in total. The lowest BCUT2D eigenvalue weighted by atomic mass is 10.0. The Balaban J connectivity index is 2.15. The van der Waals surface area contributed by atoms with Crippen molar-refractivity contribution in [3.63, 3.8) is 0 Å². The summed E-state index contributed by atoms with van der Waals surface area (Å²) < 4.78 is 0. The van der Waals surface area contributed by atoms with Crippen molar-refractivity contribution in [2.24, 2.45) is 0 Å². The number of aromatic nitrogens is 1. The Kier molecular flexibility index (Phi) is 3.32. The number of halogens is 1. The molecule has 2 rings (SSSR count). The fourth-order valence-electron chi connectivity index (χ4n) is 1.45. The highest BCUT2D eigenvalue weighted by molar-refractivity contribution is 6.31. The zero-order valence-electron chi connectivity index (χ0n) is 8.56. The molecule has 0 spiro atoms. The van der Waals surface area contributed by atoms with E-state index < -0.39 is 0 Å². The van der Waals surface area contributed by atoms with Gasteiger partial charge in [0.2, 0.25) is 0 Å². The maximum absolute atomic E-state index is 11.9. The number of ketones is 1. The lowest BCUT2D eigenvalue weighted by molar-refractivity contribution is 0.0993. The van der Waals surface area contributed by atoms with Crippen molar-refractivity contribution in [2.45, 2.75) is 6.42 Å². The molecule has 0 aliphatic rings. The molecule has 2 aromatic rings. The minimum absolute atomic E-state index is 0.0514. The van der Waals surface area contributed by atoms with Crippen LogP contribution in [0.4, 0.5) is 0 Å². The highest BCUT2D eigenvalue weighted by Crippen LogP contribution is 2.13. The van der Waals surface area contributed by atoms with E-state index in [9.17, 15) is 4.79 Å². The number of carbonyl (C=O) groups is 1. The van der Waals surface area contributed by atoms with Crippen LogP contribution >= 0.6 is 11.6 Å². The van der Waals surface area contributed by atoms with Crippen LogP contribution in [0.1, 0.15) is 15.9 Å². The molecule has 1 aromatic carbocycles. The molecule has 0 aliphatic carbocycles. The average molecular weight is 232 g/mol. The van der Waals surface area contributed by atoms with Crippen molar-refractivity contribution in [1.29, 1.82) is 0 Å². The van der Waals surface area contributed by atoms with E-state index in [2.05, 4.69) is 4.98 Å². The first-order chi connectivity index (χ1) is 7.75. The Labute approximate surface area is 98.9 Å². The summed E-state index contributed by atoms with van der Waals surface area (Å²) in [7, 11) is 0. The normalized spacial score (nSPS) is 10.1. The summed E-state index contributed by atoms with van der Waals surface area (Å²) in [4.78, 5) is 15.9. The van der Waals surface area contributed by atoms with Gasteiger partial charge in [-0.25, -0.2) is 0 Å². The van der Waals surface area contributed by atoms with Gasteiger partial charge >= 0.3 is 0 Å². The fourth-order valence-corrected chi connectivity index (χ4v) is 1.64. The summed E-state index contributed by atoms with van der Waals surface area (Å²) >= 11 is 5.83. The van der Waals surface area contributed by atoms with Gasteiger partial charge in [-0.05, 0) is 23.8 Å². The first-order valence-corrected chi connectivity index (χ1v) is 5.31. The van der Waals surface area contributed by atoms with Gasteiger partial charge in [-0.15, -0.1) is 0 Å². The van der Waals surface area contributed by atoms with Gasteiger partial charge in [-0.1, -0.05) is 29.8 Å². The zero-order chi connectivity index (χ0) is 11.4. The Hall–Kier alpha value is -1.67. The molecule has 1 aromatic heterocycles. The fraction of sp³-hybridized carbons (Fsp3) is 0.0769. The first kappa shape index (κ1) is 10.8. The number of nitrogens with zero attached hydrogens (tertiary/aromatic N) is 1. The van der Waals surface area contributed by atoms with Crippen LogP contribution in [0.3, 0.4) is 0 Å². The second-order valence-corrected chi connectivity index (χ2v) is 3.91. The van der Waals surface area contributed by atoms with E-state index in [1.807, 2.05) is 12.1 Å². The second kappa shape index (κ2) is 4.90. The van der Waals surface area contributed by atoms with E-state index in [4.69, 9.17) is 11.6 Å². The molecule has 0 bridgehead atoms. The molecule has 0 saturated heterocycles. The molecule has 0 saturated carbocycles. The summed E-state index contributed by atoms with van der Waals surface area (Å²) in [6.07, 6.45) is 3.74. The third kappa shape index (κ3) is 2.67. The van der Waals surface area contributed by atoms with Crippen molar-refractivity contribution >= 4 is 17.4 Å². The van der Waals surface area contributed by atoms with Gasteiger partial charge in [-0.2, -0.15) is 0 Å². The lowest BCUT2D eigenvalue weighted by Gasteiger charge is -2.01. The van der Waals surface area contributed by atoms with E-state index in [1.165, 1.54) is 0 Å². The average Bonchev–Trinajstić information content (AvgIpc) is 2.30. The number of rotatable bonds is 3. The van der Waals surface area contributed by atoms with Gasteiger partial charge in [0, 0.05) is 29.4 Å². The molecule has 3 heteroatoms. The third-order valence-corrected chi connectivity index (χ3v) is 2.47. The second-order valence-electron chi connectivity index (χ2n) is 3.47. The van der Waals surface area contributed by atoms with Crippen LogP contribution in [0, 0.1) is 0 Å². The smallest absolute Gasteiger partial charge is 0.167 e. The Morgan fingerprint density at radius 1 is 1.25 bits per heavy atom. The largest absolute Gasteiger partial charge is 0.294 e. The van der Waals surface area contributed by atoms with Crippen molar-refractivity contribution in [3.05, 3.63) is 64.9 Å². The summed E-state index contributed by atoms with van der Waals surface area (Å²) in [5.41, 5.74) is 1.55. The first-order valence-electron chi connectivity index (χ1n) is 4.93. The molecular formula is C13H10ClNO. The molecule has 0 aliphatic heterocycles. The molecule has 0 radical (unpaired) electrons. The van der Waals surface area contributed by atoms with Crippen LogP contribution in [-0.4, -0.2) is 10.8 Å². The molecular weight excluding hydrogens is 222 g/mol. The van der Waals surface area contributed by atoms with E-state index in [1.54, 1.807) is 36.7 Å². The van der Waals surface area contributed by atoms with Gasteiger partial charge in [0.05, 0.1) is 0 Å². The maximum atomic E-state index is 11.9. The van der Waals surface area contributed by atoms with Crippen LogP contribution < -0.4 is 0 Å². The molecule has 0 atom stereocenters. The van der Waals surface area contributed by atoms with E-state index in [0.717, 1.165) is 5.56 Å². The Bertz CT molecular complexity index is 496. The van der Waals surface area contributed by atoms with Crippen LogP contribution in [-0.2, 0) is 6.42 Å². The molecule has 0 unspecified atom stereocenters. The van der Waals surface area contributed by atoms with Gasteiger partial charge in [0.1, 0.15) is 0 Å². The summed E-state index contributed by atoms with van der Waals surface area (Å²) in [5.74, 6) is 0.0514. The van der Waals surface area contributed by atoms with Crippen molar-refractivity contribution < 1.29 is 4.79 Å². The Morgan fingerprint density at radius 3 is 2.81 bits per heavy atom. The quantitative estimate of drug-likeness (QED) is 0.760. The van der Waals surface area contributed by atoms with Gasteiger partial charge in [0.15, 0.2) is 5.78 Å². The van der Waals surface area contributed by atoms with Gasteiger partial charge in [-0.3, -0.25) is 9.78 Å². The summed E-state index contributed by atoms with van der Waals surface area (Å²) in [5, 5.41) is 0.581. The van der Waals surface area contributed by atoms with Gasteiger partial charge in [0.25, 0.3) is 0 Å². The number of carbonyl (C=O) groups excluding carboxylic acids is 1. The van der Waals surface area contributed by atoms with E-state index >= 15 is 0 Å². The molecule has 0 fully saturated rings. The maximum Gasteiger partial charge on any atom is 0.167 e. The summed E-state index contributed by atoms with van der Waals surface area (Å²) in [6.45, 7) is 0. The van der Waals surface area contributed by atoms with Crippen molar-refractivity contribution in [1.82, 2.24) is 4.98 Å². The predicted molar refractivity (Wildman–Crippen MR) is 63.7 cm³/mol. The monoisotopic (exact) mass is 231 g/mol. The van der Waals surface area contributed by atoms with Crippen LogP contribution in [0.5, 0.6) is 0 Å². The topological polar surface area (TPSA) is 30.0 Å². The zero-order valence-corrected chi connectivity index (χ0v) is 9.32. The number of hydrogen-bond donors (Lipinski definition) is 0. The highest BCUT2D eigenvalue weighted by Gasteiger charge is 2.07. The summed E-state index contributed by atoms with van der Waals surface area (Å²) in [6, 6.07) is 10.7. The molecule has 80 valence electrons. The number of hydrogen-bond acceptors (Lipinski definition) is 2. The predicted octanol–water partition coefficient (Wildman–Crippen LogP) is 3.16. The Morgan fingerprint density at radius 2 is 2.12 bits per heavy atom. The number of benzene rings is 1. The minimum atomic E-state index is 0.0514. The number of Topliss-reactive ketones (excluding diaryl/α,β-unsaturated/α-hetero) is 1. The highest BCUT2D eigenvalue weighted by atomic mass is 35.5. The standard InChI is InChI=1S/C13H10ClNO/c14-12-5-1-4-11(8-12)13(16)7-10-3-2-6-15-9-10/h1-6,8-9H,7H2. The number of pyridine rings is 1. The lowest BCUT2D eigenvalue weighted by Crippen LogP contribution is -2.03. The molecule has 16 heavy (non-hydrogen) atoms. The third-order valence-electron chi connectivity index (χ3n) is 2.23. The molecule has 1 heterocycles. The van der Waals surface area contributed by atoms with Crippen LogP contribution in [0.25, 0.3) is 0 Å². The van der Waals surface area contributed by atoms with E-state index in [0.29, 0.717) is 17.0 Å². The van der Waals surface area contributed by atoms with Crippen molar-refractivity contribution in [2.75, 3.05) is 0 Å². The van der Waals surface area contributed by atoms with Gasteiger partial charge < -0.3 is 0 Å². The van der Waals surface area contributed by atoms with Crippen LogP contribution in [0.2, 0.25) is 5.02 Å². The molecule has 2 nitrogen and oxygen atoms in total. The van der Waals surface area contributed by atoms with Crippen LogP contribution in [0.15, 0.2) is 48.8 Å². The SMILES string of the molecule is O=C(Cc1cccnc1)c1cccc(Cl)c1. The van der Waals surface area contributed by atoms with Crippen molar-refractivity contribution in [3.8, 4) is 0 Å². The minimum Gasteiger partial charge on any atom is -0.294 e. The van der Waals surface area contributed by atoms with E-state index in [-0.39, 0.29) is 5.78 Å². The molecule has 0 amide bonds.